The molecule has 0 spiro atoms. The van der Waals surface area contributed by atoms with E-state index in [0.29, 0.717) is 6.42 Å². The van der Waals surface area contributed by atoms with Gasteiger partial charge in [0.1, 0.15) is 6.10 Å². The molecule has 4 amide bonds. The quantitative estimate of drug-likeness (QED) is 0.562. The Morgan fingerprint density at radius 3 is 2.21 bits per heavy atom. The van der Waals surface area contributed by atoms with Crippen molar-refractivity contribution in [3.8, 4) is 0 Å². The van der Waals surface area contributed by atoms with Gasteiger partial charge >= 0.3 is 6.03 Å². The van der Waals surface area contributed by atoms with Crippen molar-refractivity contribution in [2.24, 2.45) is 5.41 Å². The van der Waals surface area contributed by atoms with Crippen LogP contribution in [0.4, 0.5) is 4.79 Å². The lowest BCUT2D eigenvalue weighted by molar-refractivity contribution is -0.160. The van der Waals surface area contributed by atoms with Crippen LogP contribution in [0.1, 0.15) is 33.1 Å². The molecule has 0 aliphatic carbocycles. The average molecular weight is 272 g/mol. The minimum atomic E-state index is -1.55. The second-order valence-electron chi connectivity index (χ2n) is 4.44. The second-order valence-corrected chi connectivity index (χ2v) is 4.44. The van der Waals surface area contributed by atoms with E-state index in [4.69, 9.17) is 4.74 Å². The van der Waals surface area contributed by atoms with E-state index >= 15 is 0 Å². The van der Waals surface area contributed by atoms with Crippen molar-refractivity contribution in [2.75, 3.05) is 13.2 Å². The van der Waals surface area contributed by atoms with Crippen LogP contribution in [0.2, 0.25) is 0 Å². The number of carbonyl (C=O) groups is 3. The van der Waals surface area contributed by atoms with Gasteiger partial charge in [-0.25, -0.2) is 4.79 Å². The zero-order chi connectivity index (χ0) is 14.5. The molecule has 0 radical (unpaired) electrons. The van der Waals surface area contributed by atoms with Crippen molar-refractivity contribution in [3.05, 3.63) is 0 Å². The molecule has 1 heterocycles. The lowest BCUT2D eigenvalue weighted by atomic mass is 9.74. The monoisotopic (exact) mass is 272 g/mol. The zero-order valence-electron chi connectivity index (χ0n) is 11.2. The third-order valence-electron chi connectivity index (χ3n) is 3.27. The Balaban J connectivity index is 3.12. The Morgan fingerprint density at radius 2 is 1.79 bits per heavy atom. The number of aliphatic hydroxyl groups is 1. The van der Waals surface area contributed by atoms with Gasteiger partial charge in [-0.05, 0) is 13.3 Å². The molecule has 3 N–H and O–H groups in total. The SMILES string of the molecule is CCCCC1([C@H](CO)OCC)C(=O)NC(=O)NC1=O. The van der Waals surface area contributed by atoms with Gasteiger partial charge in [0.15, 0.2) is 5.41 Å². The van der Waals surface area contributed by atoms with Crippen molar-refractivity contribution in [3.63, 3.8) is 0 Å². The fourth-order valence-electron chi connectivity index (χ4n) is 2.25. The number of unbranched alkanes of at least 4 members (excludes halogenated alkanes) is 1. The van der Waals surface area contributed by atoms with E-state index in [2.05, 4.69) is 10.6 Å². The zero-order valence-corrected chi connectivity index (χ0v) is 11.2. The van der Waals surface area contributed by atoms with E-state index < -0.39 is 36.0 Å². The first-order valence-corrected chi connectivity index (χ1v) is 6.42. The predicted molar refractivity (Wildman–Crippen MR) is 66.1 cm³/mol. The van der Waals surface area contributed by atoms with Gasteiger partial charge in [0.2, 0.25) is 11.8 Å². The van der Waals surface area contributed by atoms with Gasteiger partial charge in [-0.3, -0.25) is 20.2 Å². The number of ether oxygens (including phenoxy) is 1. The first-order valence-electron chi connectivity index (χ1n) is 6.42. The summed E-state index contributed by atoms with van der Waals surface area (Å²) in [6.07, 6.45) is 0.649. The summed E-state index contributed by atoms with van der Waals surface area (Å²) >= 11 is 0. The fraction of sp³-hybridized carbons (Fsp3) is 0.750. The molecule has 1 aliphatic heterocycles. The first-order chi connectivity index (χ1) is 9.02. The number of carbonyl (C=O) groups excluding carboxylic acids is 3. The number of rotatable bonds is 7. The fourth-order valence-corrected chi connectivity index (χ4v) is 2.25. The maximum atomic E-state index is 12.1. The molecule has 1 fully saturated rings. The molecule has 108 valence electrons. The highest BCUT2D eigenvalue weighted by Crippen LogP contribution is 2.33. The number of hydrogen-bond donors (Lipinski definition) is 3. The molecule has 0 unspecified atom stereocenters. The van der Waals surface area contributed by atoms with Crippen LogP contribution >= 0.6 is 0 Å². The summed E-state index contributed by atoms with van der Waals surface area (Å²) in [6.45, 7) is 3.42. The summed E-state index contributed by atoms with van der Waals surface area (Å²) in [6, 6.07) is -0.838. The van der Waals surface area contributed by atoms with Gasteiger partial charge in [0, 0.05) is 6.61 Å². The molecule has 7 heteroatoms. The van der Waals surface area contributed by atoms with Gasteiger partial charge < -0.3 is 9.84 Å². The summed E-state index contributed by atoms with van der Waals surface area (Å²) in [7, 11) is 0. The Bertz CT molecular complexity index is 349. The third-order valence-corrected chi connectivity index (χ3v) is 3.27. The van der Waals surface area contributed by atoms with Crippen LogP contribution in [-0.2, 0) is 14.3 Å². The smallest absolute Gasteiger partial charge is 0.328 e. The minimum Gasteiger partial charge on any atom is -0.394 e. The molecule has 0 saturated carbocycles. The van der Waals surface area contributed by atoms with Crippen LogP contribution in [0.3, 0.4) is 0 Å². The second kappa shape index (κ2) is 6.63. The third kappa shape index (κ3) is 2.93. The van der Waals surface area contributed by atoms with Crippen molar-refractivity contribution in [1.82, 2.24) is 10.6 Å². The number of urea groups is 1. The molecule has 1 saturated heterocycles. The largest absolute Gasteiger partial charge is 0.394 e. The molecular weight excluding hydrogens is 252 g/mol. The van der Waals surface area contributed by atoms with Gasteiger partial charge in [-0.1, -0.05) is 19.8 Å². The predicted octanol–water partition coefficient (Wildman–Crippen LogP) is -0.0736. The molecule has 7 nitrogen and oxygen atoms in total. The lowest BCUT2D eigenvalue weighted by Gasteiger charge is -2.38. The van der Waals surface area contributed by atoms with Crippen LogP contribution in [0.15, 0.2) is 0 Å². The highest BCUT2D eigenvalue weighted by atomic mass is 16.5. The summed E-state index contributed by atoms with van der Waals surface area (Å²) in [5.74, 6) is -1.41. The number of amides is 4. The highest BCUT2D eigenvalue weighted by Gasteiger charge is 2.55. The molecule has 0 aromatic heterocycles. The van der Waals surface area contributed by atoms with Crippen LogP contribution < -0.4 is 10.6 Å². The van der Waals surface area contributed by atoms with E-state index in [-0.39, 0.29) is 13.0 Å². The van der Waals surface area contributed by atoms with Crippen molar-refractivity contribution < 1.29 is 24.2 Å². The number of nitrogens with one attached hydrogen (secondary N) is 2. The van der Waals surface area contributed by atoms with Crippen molar-refractivity contribution >= 4 is 17.8 Å². The van der Waals surface area contributed by atoms with E-state index in [9.17, 15) is 19.5 Å². The molecule has 0 aromatic carbocycles. The summed E-state index contributed by atoms with van der Waals surface area (Å²) < 4.78 is 5.32. The number of hydrogen-bond acceptors (Lipinski definition) is 5. The van der Waals surface area contributed by atoms with E-state index in [1.807, 2.05) is 6.92 Å². The van der Waals surface area contributed by atoms with E-state index in [0.717, 1.165) is 6.42 Å². The van der Waals surface area contributed by atoms with Gasteiger partial charge in [0.05, 0.1) is 6.61 Å². The highest BCUT2D eigenvalue weighted by molar-refractivity contribution is 6.19. The van der Waals surface area contributed by atoms with Crippen LogP contribution in [-0.4, -0.2) is 42.3 Å². The van der Waals surface area contributed by atoms with E-state index in [1.165, 1.54) is 0 Å². The molecule has 1 atom stereocenters. The minimum absolute atomic E-state index is 0.222. The normalized spacial score (nSPS) is 19.8. The Kier molecular flexibility index (Phi) is 5.44. The van der Waals surface area contributed by atoms with Crippen molar-refractivity contribution in [2.45, 2.75) is 39.2 Å². The topological polar surface area (TPSA) is 105 Å². The van der Waals surface area contributed by atoms with Crippen LogP contribution in [0, 0.1) is 5.41 Å². The maximum absolute atomic E-state index is 12.1. The summed E-state index contributed by atoms with van der Waals surface area (Å²) in [5, 5.41) is 13.6. The molecule has 0 bridgehead atoms. The molecular formula is C12H20N2O5. The van der Waals surface area contributed by atoms with Crippen LogP contribution in [0.5, 0.6) is 0 Å². The van der Waals surface area contributed by atoms with Crippen LogP contribution in [0.25, 0.3) is 0 Å². The Morgan fingerprint density at radius 1 is 1.21 bits per heavy atom. The molecule has 0 aromatic rings. The summed E-state index contributed by atoms with van der Waals surface area (Å²) in [4.78, 5) is 35.4. The number of imide groups is 2. The number of aliphatic hydroxyl groups excluding tert-OH is 1. The number of barbiturate groups is 1. The van der Waals surface area contributed by atoms with Gasteiger partial charge in [-0.2, -0.15) is 0 Å². The van der Waals surface area contributed by atoms with E-state index in [1.54, 1.807) is 6.92 Å². The van der Waals surface area contributed by atoms with Crippen molar-refractivity contribution in [1.29, 1.82) is 0 Å². The lowest BCUT2D eigenvalue weighted by Crippen LogP contribution is -2.67. The maximum Gasteiger partial charge on any atom is 0.328 e. The summed E-state index contributed by atoms with van der Waals surface area (Å²) in [5.41, 5.74) is -1.55. The Labute approximate surface area is 111 Å². The average Bonchev–Trinajstić information content (AvgIpc) is 2.36. The van der Waals surface area contributed by atoms with Gasteiger partial charge in [-0.15, -0.1) is 0 Å². The first kappa shape index (κ1) is 15.6. The Hall–Kier alpha value is -1.47. The van der Waals surface area contributed by atoms with Gasteiger partial charge in [0.25, 0.3) is 0 Å². The molecule has 1 aliphatic rings. The molecule has 19 heavy (non-hydrogen) atoms. The molecule has 1 rings (SSSR count). The standard InChI is InChI=1S/C12H20N2O5/c1-3-5-6-12(8(7-15)19-4-2)9(16)13-11(18)14-10(12)17/h8,15H,3-7H2,1-2H3,(H2,13,14,16,17,18)/t8-/m0/s1.